The van der Waals surface area contributed by atoms with E-state index in [1.165, 1.54) is 31.2 Å². The zero-order chi connectivity index (χ0) is 11.4. The van der Waals surface area contributed by atoms with Crippen molar-refractivity contribution in [1.29, 1.82) is 0 Å². The molecule has 0 amide bonds. The predicted octanol–water partition coefficient (Wildman–Crippen LogP) is 2.57. The van der Waals surface area contributed by atoms with E-state index in [1.807, 2.05) is 10.9 Å². The van der Waals surface area contributed by atoms with Crippen molar-refractivity contribution in [2.45, 2.75) is 58.7 Å². The summed E-state index contributed by atoms with van der Waals surface area (Å²) in [5.41, 5.74) is 1.31. The highest BCUT2D eigenvalue weighted by Crippen LogP contribution is 2.27. The third-order valence-corrected chi connectivity index (χ3v) is 3.72. The van der Waals surface area contributed by atoms with Gasteiger partial charge in [-0.25, -0.2) is 0 Å². The number of aryl methyl sites for hydroxylation is 1. The van der Waals surface area contributed by atoms with Crippen LogP contribution in [-0.2, 0) is 13.1 Å². The third-order valence-electron chi connectivity index (χ3n) is 3.72. The van der Waals surface area contributed by atoms with Crippen molar-refractivity contribution in [3.63, 3.8) is 0 Å². The number of hydrogen-bond donors (Lipinski definition) is 1. The number of hydrogen-bond acceptors (Lipinski definition) is 2. The van der Waals surface area contributed by atoms with E-state index < -0.39 is 0 Å². The maximum absolute atomic E-state index is 4.29. The molecule has 0 aliphatic heterocycles. The van der Waals surface area contributed by atoms with Gasteiger partial charge in [-0.1, -0.05) is 13.3 Å². The second-order valence-electron chi connectivity index (χ2n) is 4.87. The molecule has 0 bridgehead atoms. The smallest absolute Gasteiger partial charge is 0.0534 e. The fourth-order valence-electron chi connectivity index (χ4n) is 2.56. The van der Waals surface area contributed by atoms with Gasteiger partial charge in [0.25, 0.3) is 0 Å². The van der Waals surface area contributed by atoms with E-state index in [2.05, 4.69) is 30.5 Å². The summed E-state index contributed by atoms with van der Waals surface area (Å²) in [4.78, 5) is 0. The molecule has 2 rings (SSSR count). The molecule has 3 nitrogen and oxygen atoms in total. The van der Waals surface area contributed by atoms with Crippen LogP contribution in [0.1, 0.15) is 45.1 Å². The van der Waals surface area contributed by atoms with Crippen molar-refractivity contribution in [2.24, 2.45) is 5.92 Å². The molecule has 1 heterocycles. The molecule has 1 aliphatic rings. The summed E-state index contributed by atoms with van der Waals surface area (Å²) in [6.07, 6.45) is 9.56. The quantitative estimate of drug-likeness (QED) is 0.828. The Morgan fingerprint density at radius 3 is 2.94 bits per heavy atom. The highest BCUT2D eigenvalue weighted by molar-refractivity contribution is 5.03. The largest absolute Gasteiger partial charge is 0.310 e. The van der Waals surface area contributed by atoms with Gasteiger partial charge in [0.2, 0.25) is 0 Å². The van der Waals surface area contributed by atoms with Gasteiger partial charge in [0.1, 0.15) is 0 Å². The SMILES string of the molecule is CCC1CCC(NCc2cnn(CC)c2)C1. The van der Waals surface area contributed by atoms with Crippen LogP contribution in [0.15, 0.2) is 12.4 Å². The maximum atomic E-state index is 4.29. The lowest BCUT2D eigenvalue weighted by atomic mass is 10.1. The molecule has 2 unspecified atom stereocenters. The van der Waals surface area contributed by atoms with Crippen LogP contribution in [0.5, 0.6) is 0 Å². The number of nitrogens with zero attached hydrogens (tertiary/aromatic N) is 2. The van der Waals surface area contributed by atoms with E-state index in [1.54, 1.807) is 0 Å². The molecular formula is C13H23N3. The Hall–Kier alpha value is -0.830. The molecule has 1 aliphatic carbocycles. The summed E-state index contributed by atoms with van der Waals surface area (Å²) in [5, 5.41) is 7.93. The molecule has 16 heavy (non-hydrogen) atoms. The van der Waals surface area contributed by atoms with Crippen molar-refractivity contribution in [2.75, 3.05) is 0 Å². The molecule has 0 spiro atoms. The monoisotopic (exact) mass is 221 g/mol. The molecule has 1 aromatic heterocycles. The molecule has 0 radical (unpaired) electrons. The van der Waals surface area contributed by atoms with Crippen LogP contribution in [-0.4, -0.2) is 15.8 Å². The van der Waals surface area contributed by atoms with Crippen LogP contribution in [0.25, 0.3) is 0 Å². The van der Waals surface area contributed by atoms with E-state index in [9.17, 15) is 0 Å². The van der Waals surface area contributed by atoms with Crippen LogP contribution in [0.3, 0.4) is 0 Å². The Labute approximate surface area is 98.2 Å². The van der Waals surface area contributed by atoms with Gasteiger partial charge in [-0.05, 0) is 32.1 Å². The number of nitrogens with one attached hydrogen (secondary N) is 1. The highest BCUT2D eigenvalue weighted by Gasteiger charge is 2.22. The Morgan fingerprint density at radius 1 is 1.44 bits per heavy atom. The van der Waals surface area contributed by atoms with E-state index in [-0.39, 0.29) is 0 Å². The summed E-state index contributed by atoms with van der Waals surface area (Å²) in [5.74, 6) is 0.955. The Bertz CT molecular complexity index is 319. The standard InChI is InChI=1S/C13H23N3/c1-3-11-5-6-13(7-11)14-8-12-9-15-16(4-2)10-12/h9-11,13-14H,3-8H2,1-2H3. The fourth-order valence-corrected chi connectivity index (χ4v) is 2.56. The molecular weight excluding hydrogens is 198 g/mol. The second-order valence-corrected chi connectivity index (χ2v) is 4.87. The van der Waals surface area contributed by atoms with Crippen molar-refractivity contribution in [3.05, 3.63) is 18.0 Å². The minimum absolute atomic E-state index is 0.731. The van der Waals surface area contributed by atoms with Gasteiger partial charge in [0, 0.05) is 30.9 Å². The third kappa shape index (κ3) is 2.85. The number of rotatable bonds is 5. The predicted molar refractivity (Wildman–Crippen MR) is 66.2 cm³/mol. The molecule has 2 atom stereocenters. The molecule has 3 heteroatoms. The van der Waals surface area contributed by atoms with E-state index in [0.29, 0.717) is 0 Å². The molecule has 90 valence electrons. The maximum Gasteiger partial charge on any atom is 0.0534 e. The first-order valence-corrected chi connectivity index (χ1v) is 6.56. The van der Waals surface area contributed by atoms with Gasteiger partial charge >= 0.3 is 0 Å². The summed E-state index contributed by atoms with van der Waals surface area (Å²) >= 11 is 0. The zero-order valence-electron chi connectivity index (χ0n) is 10.4. The fraction of sp³-hybridized carbons (Fsp3) is 0.769. The molecule has 0 saturated heterocycles. The topological polar surface area (TPSA) is 29.9 Å². The van der Waals surface area contributed by atoms with Crippen LogP contribution < -0.4 is 5.32 Å². The van der Waals surface area contributed by atoms with Crippen molar-refractivity contribution in [1.82, 2.24) is 15.1 Å². The first kappa shape index (κ1) is 11.6. The lowest BCUT2D eigenvalue weighted by Gasteiger charge is -2.11. The molecule has 1 fully saturated rings. The van der Waals surface area contributed by atoms with Crippen molar-refractivity contribution >= 4 is 0 Å². The van der Waals surface area contributed by atoms with Crippen LogP contribution in [0, 0.1) is 5.92 Å². The van der Waals surface area contributed by atoms with Gasteiger partial charge in [0.05, 0.1) is 6.20 Å². The van der Waals surface area contributed by atoms with E-state index >= 15 is 0 Å². The van der Waals surface area contributed by atoms with Gasteiger partial charge in [-0.2, -0.15) is 5.10 Å². The van der Waals surface area contributed by atoms with Crippen LogP contribution >= 0.6 is 0 Å². The molecule has 0 aromatic carbocycles. The zero-order valence-corrected chi connectivity index (χ0v) is 10.4. The Balaban J connectivity index is 1.75. The lowest BCUT2D eigenvalue weighted by molar-refractivity contribution is 0.476. The molecule has 1 saturated carbocycles. The van der Waals surface area contributed by atoms with E-state index in [0.717, 1.165) is 25.0 Å². The Kier molecular flexibility index (Phi) is 3.99. The molecule has 1 N–H and O–H groups in total. The average Bonchev–Trinajstić information content (AvgIpc) is 2.95. The van der Waals surface area contributed by atoms with Crippen molar-refractivity contribution in [3.8, 4) is 0 Å². The number of aromatic nitrogens is 2. The van der Waals surface area contributed by atoms with Gasteiger partial charge in [0.15, 0.2) is 0 Å². The summed E-state index contributed by atoms with van der Waals surface area (Å²) in [7, 11) is 0. The normalized spacial score (nSPS) is 25.1. The van der Waals surface area contributed by atoms with Gasteiger partial charge in [-0.15, -0.1) is 0 Å². The average molecular weight is 221 g/mol. The first-order chi connectivity index (χ1) is 7.81. The second kappa shape index (κ2) is 5.48. The summed E-state index contributed by atoms with van der Waals surface area (Å²) < 4.78 is 1.99. The van der Waals surface area contributed by atoms with Crippen LogP contribution in [0.2, 0.25) is 0 Å². The van der Waals surface area contributed by atoms with Gasteiger partial charge in [-0.3, -0.25) is 4.68 Å². The summed E-state index contributed by atoms with van der Waals surface area (Å²) in [6.45, 7) is 6.35. The minimum Gasteiger partial charge on any atom is -0.310 e. The lowest BCUT2D eigenvalue weighted by Crippen LogP contribution is -2.25. The van der Waals surface area contributed by atoms with Crippen LogP contribution in [0.4, 0.5) is 0 Å². The summed E-state index contributed by atoms with van der Waals surface area (Å²) in [6, 6.07) is 0.731. The van der Waals surface area contributed by atoms with Gasteiger partial charge < -0.3 is 5.32 Å². The Morgan fingerprint density at radius 2 is 2.31 bits per heavy atom. The first-order valence-electron chi connectivity index (χ1n) is 6.56. The highest BCUT2D eigenvalue weighted by atomic mass is 15.3. The van der Waals surface area contributed by atoms with E-state index in [4.69, 9.17) is 0 Å². The van der Waals surface area contributed by atoms with Crippen molar-refractivity contribution < 1.29 is 0 Å². The minimum atomic E-state index is 0.731. The molecule has 1 aromatic rings.